The van der Waals surface area contributed by atoms with Crippen molar-refractivity contribution in [3.63, 3.8) is 0 Å². The van der Waals surface area contributed by atoms with E-state index in [9.17, 15) is 9.59 Å². The monoisotopic (exact) mass is 373 g/mol. The van der Waals surface area contributed by atoms with Gasteiger partial charge < -0.3 is 19.9 Å². The predicted molar refractivity (Wildman–Crippen MR) is 107 cm³/mol. The van der Waals surface area contributed by atoms with Gasteiger partial charge in [-0.3, -0.25) is 4.79 Å². The van der Waals surface area contributed by atoms with Crippen LogP contribution >= 0.6 is 0 Å². The molecule has 1 N–H and O–H groups in total. The van der Waals surface area contributed by atoms with Gasteiger partial charge in [0.25, 0.3) is 0 Å². The van der Waals surface area contributed by atoms with Crippen LogP contribution < -0.4 is 10.2 Å². The zero-order chi connectivity index (χ0) is 20.0. The summed E-state index contributed by atoms with van der Waals surface area (Å²) >= 11 is 0. The van der Waals surface area contributed by atoms with Crippen LogP contribution in [0.25, 0.3) is 0 Å². The molecule has 0 aromatic heterocycles. The van der Waals surface area contributed by atoms with Gasteiger partial charge in [-0.05, 0) is 58.7 Å². The second kappa shape index (κ2) is 6.73. The minimum absolute atomic E-state index is 0.0384. The van der Waals surface area contributed by atoms with E-state index < -0.39 is 11.0 Å². The van der Waals surface area contributed by atoms with Crippen LogP contribution in [-0.2, 0) is 14.9 Å². The summed E-state index contributed by atoms with van der Waals surface area (Å²) in [6.45, 7) is 13.7. The molecule has 2 heterocycles. The number of rotatable bonds is 2. The molecular weight excluding hydrogens is 342 g/mol. The Morgan fingerprint density at radius 1 is 1.30 bits per heavy atom. The van der Waals surface area contributed by atoms with E-state index >= 15 is 0 Å². The van der Waals surface area contributed by atoms with Gasteiger partial charge in [0, 0.05) is 37.1 Å². The summed E-state index contributed by atoms with van der Waals surface area (Å²) < 4.78 is 5.53. The lowest BCUT2D eigenvalue weighted by Gasteiger charge is -2.42. The standard InChI is InChI=1S/C21H31N3O3/c1-7-14-13-23(19(26)27-20(2,3)4)10-11-24(14)15-8-9-16-17(12-15)22-18(25)21(16,5)6/h8-9,12,14H,7,10-11,13H2,1-6H3,(H,22,25)/t14-/m1/s1. The molecule has 1 aromatic rings. The summed E-state index contributed by atoms with van der Waals surface area (Å²) in [6.07, 6.45) is 0.678. The molecule has 1 aromatic carbocycles. The fraction of sp³-hybridized carbons (Fsp3) is 0.619. The number of nitrogens with zero attached hydrogens (tertiary/aromatic N) is 2. The first-order chi connectivity index (χ1) is 12.5. The summed E-state index contributed by atoms with van der Waals surface area (Å²) in [5.41, 5.74) is 2.04. The zero-order valence-electron chi connectivity index (χ0n) is 17.3. The van der Waals surface area contributed by atoms with Gasteiger partial charge in [-0.2, -0.15) is 0 Å². The highest BCUT2D eigenvalue weighted by atomic mass is 16.6. The molecule has 1 atom stereocenters. The second-order valence-electron chi connectivity index (χ2n) is 8.99. The third-order valence-corrected chi connectivity index (χ3v) is 5.43. The Bertz CT molecular complexity index is 752. The number of carbonyl (C=O) groups is 2. The topological polar surface area (TPSA) is 61.9 Å². The average Bonchev–Trinajstić information content (AvgIpc) is 2.81. The van der Waals surface area contributed by atoms with Crippen LogP contribution in [0.2, 0.25) is 0 Å². The molecule has 0 unspecified atom stereocenters. The minimum Gasteiger partial charge on any atom is -0.444 e. The van der Waals surface area contributed by atoms with Crippen molar-refractivity contribution in [3.8, 4) is 0 Å². The summed E-state index contributed by atoms with van der Waals surface area (Å²) in [5, 5.41) is 3.00. The molecule has 148 valence electrons. The lowest BCUT2D eigenvalue weighted by molar-refractivity contribution is -0.119. The Kier molecular flexibility index (Phi) is 4.87. The molecule has 0 spiro atoms. The fourth-order valence-electron chi connectivity index (χ4n) is 3.80. The molecule has 1 fully saturated rings. The van der Waals surface area contributed by atoms with Crippen molar-refractivity contribution in [3.05, 3.63) is 23.8 Å². The normalized spacial score (nSPS) is 21.7. The van der Waals surface area contributed by atoms with E-state index in [-0.39, 0.29) is 18.0 Å². The largest absolute Gasteiger partial charge is 0.444 e. The van der Waals surface area contributed by atoms with Crippen molar-refractivity contribution in [1.82, 2.24) is 4.90 Å². The van der Waals surface area contributed by atoms with Crippen molar-refractivity contribution in [1.29, 1.82) is 0 Å². The highest BCUT2D eigenvalue weighted by molar-refractivity contribution is 6.06. The molecular formula is C21H31N3O3. The molecule has 0 bridgehead atoms. The fourth-order valence-corrected chi connectivity index (χ4v) is 3.80. The van der Waals surface area contributed by atoms with Gasteiger partial charge in [0.05, 0.1) is 5.41 Å². The van der Waals surface area contributed by atoms with Crippen molar-refractivity contribution >= 4 is 23.4 Å². The summed E-state index contributed by atoms with van der Waals surface area (Å²) in [7, 11) is 0. The molecule has 6 nitrogen and oxygen atoms in total. The maximum atomic E-state index is 12.4. The molecule has 0 radical (unpaired) electrons. The molecule has 0 aliphatic carbocycles. The van der Waals surface area contributed by atoms with E-state index in [0.717, 1.165) is 29.9 Å². The number of fused-ring (bicyclic) bond motifs is 1. The van der Waals surface area contributed by atoms with Gasteiger partial charge in [-0.15, -0.1) is 0 Å². The maximum absolute atomic E-state index is 12.4. The zero-order valence-corrected chi connectivity index (χ0v) is 17.3. The highest BCUT2D eigenvalue weighted by Gasteiger charge is 2.39. The minimum atomic E-state index is -0.493. The van der Waals surface area contributed by atoms with Crippen molar-refractivity contribution in [2.24, 2.45) is 0 Å². The van der Waals surface area contributed by atoms with Crippen LogP contribution in [0.15, 0.2) is 18.2 Å². The summed E-state index contributed by atoms with van der Waals surface area (Å²) in [5.74, 6) is 0.0384. The Morgan fingerprint density at radius 2 is 2.00 bits per heavy atom. The maximum Gasteiger partial charge on any atom is 0.410 e. The SMILES string of the molecule is CC[C@@H]1CN(C(=O)OC(C)(C)C)CCN1c1ccc2c(c1)NC(=O)C2(C)C. The smallest absolute Gasteiger partial charge is 0.410 e. The quantitative estimate of drug-likeness (QED) is 0.858. The number of hydrogen-bond donors (Lipinski definition) is 1. The van der Waals surface area contributed by atoms with Crippen LogP contribution in [0.5, 0.6) is 0 Å². The second-order valence-corrected chi connectivity index (χ2v) is 8.99. The molecule has 1 saturated heterocycles. The van der Waals surface area contributed by atoms with E-state index in [1.54, 1.807) is 4.90 Å². The van der Waals surface area contributed by atoms with Gasteiger partial charge in [0.15, 0.2) is 0 Å². The van der Waals surface area contributed by atoms with Crippen LogP contribution in [0.4, 0.5) is 16.2 Å². The number of nitrogens with one attached hydrogen (secondary N) is 1. The average molecular weight is 373 g/mol. The van der Waals surface area contributed by atoms with Crippen LogP contribution in [0.3, 0.4) is 0 Å². The lowest BCUT2D eigenvalue weighted by atomic mass is 9.86. The first-order valence-electron chi connectivity index (χ1n) is 9.73. The number of benzene rings is 1. The van der Waals surface area contributed by atoms with E-state index in [4.69, 9.17) is 4.74 Å². The molecule has 2 amide bonds. The summed E-state index contributed by atoms with van der Waals surface area (Å²) in [6, 6.07) is 6.42. The number of ether oxygens (including phenoxy) is 1. The van der Waals surface area contributed by atoms with E-state index in [0.29, 0.717) is 13.1 Å². The molecule has 2 aliphatic heterocycles. The Balaban J connectivity index is 1.77. The van der Waals surface area contributed by atoms with Crippen LogP contribution in [-0.4, -0.2) is 48.2 Å². The predicted octanol–water partition coefficient (Wildman–Crippen LogP) is 3.75. The van der Waals surface area contributed by atoms with Crippen molar-refractivity contribution in [2.75, 3.05) is 29.9 Å². The third kappa shape index (κ3) is 3.75. The first kappa shape index (κ1) is 19.5. The van der Waals surface area contributed by atoms with Crippen molar-refractivity contribution < 1.29 is 14.3 Å². The molecule has 0 saturated carbocycles. The highest BCUT2D eigenvalue weighted by Crippen LogP contribution is 2.40. The van der Waals surface area contributed by atoms with Crippen LogP contribution in [0, 0.1) is 0 Å². The van der Waals surface area contributed by atoms with E-state index in [1.165, 1.54) is 0 Å². The van der Waals surface area contributed by atoms with Crippen molar-refractivity contribution in [2.45, 2.75) is 65.0 Å². The Morgan fingerprint density at radius 3 is 2.63 bits per heavy atom. The first-order valence-corrected chi connectivity index (χ1v) is 9.73. The number of carbonyl (C=O) groups excluding carboxylic acids is 2. The van der Waals surface area contributed by atoms with Crippen LogP contribution in [0.1, 0.15) is 53.5 Å². The number of hydrogen-bond acceptors (Lipinski definition) is 4. The third-order valence-electron chi connectivity index (χ3n) is 5.43. The number of piperazine rings is 1. The van der Waals surface area contributed by atoms with Gasteiger partial charge in [-0.1, -0.05) is 13.0 Å². The molecule has 6 heteroatoms. The molecule has 3 rings (SSSR count). The van der Waals surface area contributed by atoms with Gasteiger partial charge in [-0.25, -0.2) is 4.79 Å². The van der Waals surface area contributed by atoms with Gasteiger partial charge in [0.1, 0.15) is 5.60 Å². The lowest BCUT2D eigenvalue weighted by Crippen LogP contribution is -2.55. The summed E-state index contributed by atoms with van der Waals surface area (Å²) in [4.78, 5) is 28.8. The van der Waals surface area contributed by atoms with E-state index in [2.05, 4.69) is 35.3 Å². The molecule has 27 heavy (non-hydrogen) atoms. The van der Waals surface area contributed by atoms with Gasteiger partial charge >= 0.3 is 6.09 Å². The van der Waals surface area contributed by atoms with Gasteiger partial charge in [0.2, 0.25) is 5.91 Å². The Hall–Kier alpha value is -2.24. The Labute approximate surface area is 161 Å². The number of anilines is 2. The molecule has 2 aliphatic rings. The van der Waals surface area contributed by atoms with E-state index in [1.807, 2.05) is 34.6 Å². The number of amides is 2.